The van der Waals surface area contributed by atoms with E-state index in [0.29, 0.717) is 16.2 Å². The van der Waals surface area contributed by atoms with Crippen molar-refractivity contribution >= 4 is 21.4 Å². The van der Waals surface area contributed by atoms with Gasteiger partial charge in [0.1, 0.15) is 4.21 Å². The van der Waals surface area contributed by atoms with Gasteiger partial charge in [0.15, 0.2) is 0 Å². The van der Waals surface area contributed by atoms with Gasteiger partial charge in [0, 0.05) is 10.9 Å². The number of nitrogens with one attached hydrogen (secondary N) is 1. The Morgan fingerprint density at radius 1 is 1.35 bits per heavy atom. The number of hydrogen-bond donors (Lipinski definition) is 2. The minimum atomic E-state index is -3.37. The minimum Gasteiger partial charge on any atom is -0.330 e. The average molecular weight is 316 g/mol. The Labute approximate surface area is 125 Å². The smallest absolute Gasteiger partial charge is 0.250 e. The lowest BCUT2D eigenvalue weighted by Gasteiger charge is -2.34. The molecule has 2 rings (SSSR count). The molecule has 0 aliphatic heterocycles. The predicted molar refractivity (Wildman–Crippen MR) is 83.4 cm³/mol. The molecule has 1 aromatic heterocycles. The van der Waals surface area contributed by atoms with Crippen molar-refractivity contribution in [1.82, 2.24) is 4.72 Å². The molecular weight excluding hydrogens is 292 g/mol. The molecule has 0 radical (unpaired) electrons. The first-order valence-corrected chi connectivity index (χ1v) is 9.43. The molecule has 0 aromatic carbocycles. The lowest BCUT2D eigenvalue weighted by Crippen LogP contribution is -2.38. The normalized spacial score (nSPS) is 20.1. The fourth-order valence-electron chi connectivity index (χ4n) is 2.57. The van der Waals surface area contributed by atoms with Crippen molar-refractivity contribution in [2.75, 3.05) is 6.54 Å². The zero-order valence-electron chi connectivity index (χ0n) is 12.2. The van der Waals surface area contributed by atoms with Crippen molar-refractivity contribution in [3.63, 3.8) is 0 Å². The van der Waals surface area contributed by atoms with E-state index in [4.69, 9.17) is 5.73 Å². The van der Waals surface area contributed by atoms with E-state index in [1.807, 2.05) is 6.07 Å². The molecule has 0 unspecified atom stereocenters. The van der Waals surface area contributed by atoms with Gasteiger partial charge in [0.25, 0.3) is 0 Å². The van der Waals surface area contributed by atoms with E-state index in [0.717, 1.165) is 37.0 Å². The molecule has 1 saturated carbocycles. The highest BCUT2D eigenvalue weighted by molar-refractivity contribution is 7.91. The second-order valence-corrected chi connectivity index (χ2v) is 9.43. The van der Waals surface area contributed by atoms with E-state index in [1.165, 1.54) is 11.3 Å². The Bertz CT molecular complexity index is 539. The van der Waals surface area contributed by atoms with Gasteiger partial charge in [0.2, 0.25) is 10.0 Å². The molecule has 1 aromatic rings. The summed E-state index contributed by atoms with van der Waals surface area (Å²) in [5.41, 5.74) is 5.84. The maximum Gasteiger partial charge on any atom is 0.250 e. The number of sulfonamides is 1. The van der Waals surface area contributed by atoms with Crippen LogP contribution in [0.4, 0.5) is 0 Å². The molecule has 0 bridgehead atoms. The SMILES string of the molecule is CC1(C)CCC(NS(=O)(=O)c2ccc(CCN)s2)CC1. The molecular formula is C14H24N2O2S2. The lowest BCUT2D eigenvalue weighted by atomic mass is 9.76. The summed E-state index contributed by atoms with van der Waals surface area (Å²) in [4.78, 5) is 1.03. The van der Waals surface area contributed by atoms with Crippen LogP contribution in [0.2, 0.25) is 0 Å². The van der Waals surface area contributed by atoms with Gasteiger partial charge >= 0.3 is 0 Å². The van der Waals surface area contributed by atoms with Gasteiger partial charge in [-0.1, -0.05) is 13.8 Å². The van der Waals surface area contributed by atoms with Crippen molar-refractivity contribution in [2.24, 2.45) is 11.1 Å². The van der Waals surface area contributed by atoms with E-state index in [1.54, 1.807) is 6.07 Å². The highest BCUT2D eigenvalue weighted by Crippen LogP contribution is 2.35. The molecule has 114 valence electrons. The lowest BCUT2D eigenvalue weighted by molar-refractivity contribution is 0.218. The third-order valence-electron chi connectivity index (χ3n) is 3.95. The zero-order chi connectivity index (χ0) is 14.8. The van der Waals surface area contributed by atoms with Gasteiger partial charge in [-0.3, -0.25) is 0 Å². The molecule has 1 aliphatic rings. The van der Waals surface area contributed by atoms with Crippen molar-refractivity contribution in [3.8, 4) is 0 Å². The number of hydrogen-bond acceptors (Lipinski definition) is 4. The Hall–Kier alpha value is -0.430. The molecule has 0 atom stereocenters. The van der Waals surface area contributed by atoms with Crippen molar-refractivity contribution < 1.29 is 8.42 Å². The largest absolute Gasteiger partial charge is 0.330 e. The maximum atomic E-state index is 12.3. The molecule has 1 fully saturated rings. The van der Waals surface area contributed by atoms with Crippen LogP contribution in [-0.4, -0.2) is 21.0 Å². The van der Waals surface area contributed by atoms with Crippen molar-refractivity contribution in [2.45, 2.75) is 56.2 Å². The molecule has 20 heavy (non-hydrogen) atoms. The van der Waals surface area contributed by atoms with Crippen LogP contribution in [0.1, 0.15) is 44.4 Å². The summed E-state index contributed by atoms with van der Waals surface area (Å²) < 4.78 is 28.0. The average Bonchev–Trinajstić information content (AvgIpc) is 2.82. The Morgan fingerprint density at radius 2 is 2.00 bits per heavy atom. The van der Waals surface area contributed by atoms with Crippen LogP contribution in [0.3, 0.4) is 0 Å². The summed E-state index contributed by atoms with van der Waals surface area (Å²) >= 11 is 1.32. The quantitative estimate of drug-likeness (QED) is 0.876. The Morgan fingerprint density at radius 3 is 2.60 bits per heavy atom. The maximum absolute atomic E-state index is 12.3. The topological polar surface area (TPSA) is 72.2 Å². The first kappa shape index (κ1) is 15.9. The molecule has 0 amide bonds. The summed E-state index contributed by atoms with van der Waals surface area (Å²) in [6.45, 7) is 5.04. The summed E-state index contributed by atoms with van der Waals surface area (Å²) in [6, 6.07) is 3.62. The van der Waals surface area contributed by atoms with E-state index < -0.39 is 10.0 Å². The van der Waals surface area contributed by atoms with Crippen molar-refractivity contribution in [3.05, 3.63) is 17.0 Å². The molecule has 1 aliphatic carbocycles. The van der Waals surface area contributed by atoms with E-state index >= 15 is 0 Å². The highest BCUT2D eigenvalue weighted by atomic mass is 32.2. The number of thiophene rings is 1. The summed E-state index contributed by atoms with van der Waals surface area (Å²) in [5.74, 6) is 0. The monoisotopic (exact) mass is 316 g/mol. The molecule has 4 nitrogen and oxygen atoms in total. The summed E-state index contributed by atoms with van der Waals surface area (Å²) in [7, 11) is -3.37. The molecule has 6 heteroatoms. The van der Waals surface area contributed by atoms with Crippen LogP contribution in [0.25, 0.3) is 0 Å². The molecule has 3 N–H and O–H groups in total. The van der Waals surface area contributed by atoms with Crippen LogP contribution in [0.5, 0.6) is 0 Å². The first-order valence-electron chi connectivity index (χ1n) is 7.13. The summed E-state index contributed by atoms with van der Waals surface area (Å²) in [6.07, 6.45) is 4.73. The fraction of sp³-hybridized carbons (Fsp3) is 0.714. The fourth-order valence-corrected chi connectivity index (χ4v) is 5.27. The van der Waals surface area contributed by atoms with Gasteiger partial charge < -0.3 is 5.73 Å². The molecule has 0 spiro atoms. The Kier molecular flexibility index (Phi) is 4.89. The molecule has 1 heterocycles. The van der Waals surface area contributed by atoms with Gasteiger partial charge in [-0.25, -0.2) is 13.1 Å². The van der Waals surface area contributed by atoms with E-state index in [2.05, 4.69) is 18.6 Å². The Balaban J connectivity index is 2.00. The van der Waals surface area contributed by atoms with Gasteiger partial charge in [0.05, 0.1) is 0 Å². The second-order valence-electron chi connectivity index (χ2n) is 6.32. The predicted octanol–water partition coefficient (Wildman–Crippen LogP) is 2.50. The van der Waals surface area contributed by atoms with Gasteiger partial charge in [-0.2, -0.15) is 0 Å². The van der Waals surface area contributed by atoms with Crippen LogP contribution in [-0.2, 0) is 16.4 Å². The highest BCUT2D eigenvalue weighted by Gasteiger charge is 2.30. The van der Waals surface area contributed by atoms with Gasteiger partial charge in [-0.15, -0.1) is 11.3 Å². The third-order valence-corrected chi connectivity index (χ3v) is 7.11. The summed E-state index contributed by atoms with van der Waals surface area (Å²) in [5, 5.41) is 0. The van der Waals surface area contributed by atoms with Crippen LogP contribution >= 0.6 is 11.3 Å². The second kappa shape index (κ2) is 6.13. The van der Waals surface area contributed by atoms with Crippen LogP contribution in [0.15, 0.2) is 16.3 Å². The zero-order valence-corrected chi connectivity index (χ0v) is 13.8. The number of nitrogens with two attached hydrogens (primary N) is 1. The van der Waals surface area contributed by atoms with E-state index in [9.17, 15) is 8.42 Å². The van der Waals surface area contributed by atoms with E-state index in [-0.39, 0.29) is 6.04 Å². The third kappa shape index (κ3) is 4.04. The first-order chi connectivity index (χ1) is 9.32. The van der Waals surface area contributed by atoms with Crippen molar-refractivity contribution in [1.29, 1.82) is 0 Å². The molecule has 0 saturated heterocycles. The van der Waals surface area contributed by atoms with Crippen LogP contribution in [0, 0.1) is 5.41 Å². The standard InChI is InChI=1S/C14H24N2O2S2/c1-14(2)8-5-11(6-9-14)16-20(17,18)13-4-3-12(19-13)7-10-15/h3-4,11,16H,5-10,15H2,1-2H3. The number of rotatable bonds is 5. The van der Waals surface area contributed by atoms with Gasteiger partial charge in [-0.05, 0) is 56.2 Å². The minimum absolute atomic E-state index is 0.0769. The van der Waals surface area contributed by atoms with Crippen LogP contribution < -0.4 is 10.5 Å².